The summed E-state index contributed by atoms with van der Waals surface area (Å²) in [5, 5.41) is 2.71. The van der Waals surface area contributed by atoms with Gasteiger partial charge in [0.15, 0.2) is 0 Å². The Balaban J connectivity index is 2.54. The third kappa shape index (κ3) is 1.87. The predicted octanol–water partition coefficient (Wildman–Crippen LogP) is 3.62. The van der Waals surface area contributed by atoms with Crippen LogP contribution in [-0.2, 0) is 6.42 Å². The minimum atomic E-state index is 0.596. The van der Waals surface area contributed by atoms with Gasteiger partial charge in [0.2, 0.25) is 0 Å². The molecule has 2 rings (SSSR count). The van der Waals surface area contributed by atoms with E-state index < -0.39 is 0 Å². The second-order valence-corrected chi connectivity index (χ2v) is 4.77. The maximum atomic E-state index is 5.90. The maximum Gasteiger partial charge on any atom is 0.130 e. The summed E-state index contributed by atoms with van der Waals surface area (Å²) in [4.78, 5) is 6.79. The van der Waals surface area contributed by atoms with Gasteiger partial charge in [0, 0.05) is 16.2 Å². The molecular formula is C9H8ClNS2. The first kappa shape index (κ1) is 9.44. The Labute approximate surface area is 91.0 Å². The molecule has 1 aromatic heterocycles. The minimum Gasteiger partial charge on any atom is -0.240 e. The van der Waals surface area contributed by atoms with Crippen LogP contribution in [0.15, 0.2) is 27.3 Å². The van der Waals surface area contributed by atoms with Gasteiger partial charge in [0.25, 0.3) is 0 Å². The third-order valence-electron chi connectivity index (χ3n) is 1.79. The quantitative estimate of drug-likeness (QED) is 0.539. The van der Waals surface area contributed by atoms with Gasteiger partial charge in [-0.3, -0.25) is 0 Å². The van der Waals surface area contributed by atoms with Crippen molar-refractivity contribution in [1.29, 1.82) is 0 Å². The first-order valence-corrected chi connectivity index (χ1v) is 6.34. The molecule has 0 saturated carbocycles. The molecule has 0 radical (unpaired) electrons. The van der Waals surface area contributed by atoms with Crippen LogP contribution in [0.4, 0.5) is 0 Å². The molecule has 0 atom stereocenters. The van der Waals surface area contributed by atoms with Gasteiger partial charge >= 0.3 is 0 Å². The molecule has 68 valence electrons. The van der Waals surface area contributed by atoms with E-state index >= 15 is 0 Å². The van der Waals surface area contributed by atoms with E-state index in [0.29, 0.717) is 5.15 Å². The molecule has 1 nitrogen and oxygen atoms in total. The largest absolute Gasteiger partial charge is 0.240 e. The van der Waals surface area contributed by atoms with E-state index in [1.54, 1.807) is 23.5 Å². The molecule has 0 unspecified atom stereocenters. The molecule has 0 fully saturated rings. The maximum absolute atomic E-state index is 5.90. The van der Waals surface area contributed by atoms with E-state index in [-0.39, 0.29) is 0 Å². The van der Waals surface area contributed by atoms with Gasteiger partial charge in [-0.1, -0.05) is 29.4 Å². The molecule has 0 spiro atoms. The summed E-state index contributed by atoms with van der Waals surface area (Å²) in [5.74, 6) is 0. The number of fused-ring (bicyclic) bond motifs is 1. The molecule has 1 aromatic rings. The molecule has 4 heteroatoms. The van der Waals surface area contributed by atoms with E-state index in [4.69, 9.17) is 11.6 Å². The molecule has 0 aromatic carbocycles. The van der Waals surface area contributed by atoms with Crippen molar-refractivity contribution in [2.45, 2.75) is 16.2 Å². The van der Waals surface area contributed by atoms with Crippen LogP contribution in [0.25, 0.3) is 0 Å². The van der Waals surface area contributed by atoms with Gasteiger partial charge in [-0.2, -0.15) is 0 Å². The molecular weight excluding hydrogens is 222 g/mol. The number of hydrogen-bond donors (Lipinski definition) is 0. The van der Waals surface area contributed by atoms with Crippen LogP contribution >= 0.6 is 35.1 Å². The lowest BCUT2D eigenvalue weighted by Crippen LogP contribution is -1.96. The number of rotatable bonds is 1. The van der Waals surface area contributed by atoms with Crippen LogP contribution in [0.5, 0.6) is 0 Å². The summed E-state index contributed by atoms with van der Waals surface area (Å²) in [6.07, 6.45) is 5.07. The van der Waals surface area contributed by atoms with Gasteiger partial charge in [0.05, 0.1) is 5.69 Å². The Hall–Kier alpha value is -0.120. The van der Waals surface area contributed by atoms with Gasteiger partial charge in [-0.15, -0.1) is 11.8 Å². The van der Waals surface area contributed by atoms with E-state index in [0.717, 1.165) is 12.1 Å². The molecule has 0 aliphatic carbocycles. The Bertz CT molecular complexity index is 363. The van der Waals surface area contributed by atoms with Gasteiger partial charge < -0.3 is 0 Å². The summed E-state index contributed by atoms with van der Waals surface area (Å²) in [5.41, 5.74) is 1.10. The van der Waals surface area contributed by atoms with Crippen molar-refractivity contribution in [3.05, 3.63) is 28.4 Å². The topological polar surface area (TPSA) is 12.9 Å². The highest BCUT2D eigenvalue weighted by Crippen LogP contribution is 2.36. The molecule has 13 heavy (non-hydrogen) atoms. The Kier molecular flexibility index (Phi) is 2.86. The number of aromatic nitrogens is 1. The number of pyridine rings is 1. The lowest BCUT2D eigenvalue weighted by molar-refractivity contribution is 0.985. The van der Waals surface area contributed by atoms with Crippen molar-refractivity contribution in [2.24, 2.45) is 0 Å². The highest BCUT2D eigenvalue weighted by atomic mass is 35.5. The molecule has 1 aliphatic heterocycles. The standard InChI is InChI=1S/C9H8ClNS2/c1-12-7-5-8(10)11-6-3-2-4-13-9(6)7/h2,4-5H,3H2,1H3. The fraction of sp³-hybridized carbons (Fsp3) is 0.222. The second-order valence-electron chi connectivity index (χ2n) is 2.62. The smallest absolute Gasteiger partial charge is 0.130 e. The second kappa shape index (κ2) is 3.95. The average Bonchev–Trinajstić information content (AvgIpc) is 2.16. The summed E-state index contributed by atoms with van der Waals surface area (Å²) in [6, 6.07) is 1.93. The van der Waals surface area contributed by atoms with Crippen LogP contribution in [0, 0.1) is 0 Å². The first-order valence-electron chi connectivity index (χ1n) is 3.86. The van der Waals surface area contributed by atoms with Crippen molar-refractivity contribution < 1.29 is 0 Å². The van der Waals surface area contributed by atoms with E-state index in [1.165, 1.54) is 9.79 Å². The average molecular weight is 230 g/mol. The monoisotopic (exact) mass is 229 g/mol. The van der Waals surface area contributed by atoms with Crippen molar-refractivity contribution in [2.75, 3.05) is 6.26 Å². The zero-order chi connectivity index (χ0) is 9.26. The van der Waals surface area contributed by atoms with E-state index in [1.807, 2.05) is 6.07 Å². The lowest BCUT2D eigenvalue weighted by Gasteiger charge is -2.12. The molecule has 0 saturated heterocycles. The highest BCUT2D eigenvalue weighted by molar-refractivity contribution is 8.03. The van der Waals surface area contributed by atoms with Crippen LogP contribution in [-0.4, -0.2) is 11.2 Å². The summed E-state index contributed by atoms with van der Waals surface area (Å²) in [7, 11) is 0. The Morgan fingerprint density at radius 1 is 1.62 bits per heavy atom. The summed E-state index contributed by atoms with van der Waals surface area (Å²) < 4.78 is 0. The van der Waals surface area contributed by atoms with Gasteiger partial charge in [0.1, 0.15) is 5.15 Å². The van der Waals surface area contributed by atoms with E-state index in [9.17, 15) is 0 Å². The van der Waals surface area contributed by atoms with Crippen molar-refractivity contribution in [1.82, 2.24) is 4.98 Å². The van der Waals surface area contributed by atoms with E-state index in [2.05, 4.69) is 22.7 Å². The molecule has 0 bridgehead atoms. The normalized spacial score (nSPS) is 14.3. The van der Waals surface area contributed by atoms with Crippen LogP contribution in [0.2, 0.25) is 5.15 Å². The molecule has 0 N–H and O–H groups in total. The fourth-order valence-corrected chi connectivity index (χ4v) is 3.19. The molecule has 0 amide bonds. The third-order valence-corrected chi connectivity index (χ3v) is 3.90. The first-order chi connectivity index (χ1) is 6.31. The lowest BCUT2D eigenvalue weighted by atomic mass is 10.2. The molecule has 2 heterocycles. The van der Waals surface area contributed by atoms with Crippen LogP contribution in [0.3, 0.4) is 0 Å². The number of halogens is 1. The van der Waals surface area contributed by atoms with Gasteiger partial charge in [-0.05, 0) is 17.7 Å². The van der Waals surface area contributed by atoms with Crippen LogP contribution in [0.1, 0.15) is 5.69 Å². The summed E-state index contributed by atoms with van der Waals surface area (Å²) >= 11 is 9.35. The fourth-order valence-electron chi connectivity index (χ4n) is 1.22. The SMILES string of the molecule is CSc1cc(Cl)nc2c1SC=CC2. The van der Waals surface area contributed by atoms with Crippen molar-refractivity contribution >= 4 is 35.1 Å². The molecule has 1 aliphatic rings. The zero-order valence-electron chi connectivity index (χ0n) is 7.08. The minimum absolute atomic E-state index is 0.596. The number of allylic oxidation sites excluding steroid dienone is 1. The number of thioether (sulfide) groups is 2. The zero-order valence-corrected chi connectivity index (χ0v) is 9.47. The van der Waals surface area contributed by atoms with Gasteiger partial charge in [-0.25, -0.2) is 4.98 Å². The Morgan fingerprint density at radius 3 is 3.23 bits per heavy atom. The Morgan fingerprint density at radius 2 is 2.46 bits per heavy atom. The van der Waals surface area contributed by atoms with Crippen LogP contribution < -0.4 is 0 Å². The predicted molar refractivity (Wildman–Crippen MR) is 59.7 cm³/mol. The van der Waals surface area contributed by atoms with Crippen molar-refractivity contribution in [3.63, 3.8) is 0 Å². The number of nitrogens with zero attached hydrogens (tertiary/aromatic N) is 1. The highest BCUT2D eigenvalue weighted by Gasteiger charge is 2.12. The summed E-state index contributed by atoms with van der Waals surface area (Å²) in [6.45, 7) is 0. The van der Waals surface area contributed by atoms with Crippen molar-refractivity contribution in [3.8, 4) is 0 Å². The number of hydrogen-bond acceptors (Lipinski definition) is 3.